The zero-order chi connectivity index (χ0) is 12.3. The lowest BCUT2D eigenvalue weighted by Gasteiger charge is -2.29. The molecule has 3 nitrogen and oxygen atoms in total. The lowest BCUT2D eigenvalue weighted by Crippen LogP contribution is -2.38. The highest BCUT2D eigenvalue weighted by Crippen LogP contribution is 2.29. The summed E-state index contributed by atoms with van der Waals surface area (Å²) in [6.45, 7) is 8.64. The van der Waals surface area contributed by atoms with Crippen LogP contribution in [0.4, 0.5) is 0 Å². The molecule has 0 aromatic rings. The van der Waals surface area contributed by atoms with E-state index in [1.54, 1.807) is 7.11 Å². The molecule has 0 spiro atoms. The van der Waals surface area contributed by atoms with Crippen LogP contribution in [0.15, 0.2) is 0 Å². The third-order valence-corrected chi connectivity index (χ3v) is 4.61. The fourth-order valence-corrected chi connectivity index (χ4v) is 2.39. The average molecular weight is 249 g/mol. The van der Waals surface area contributed by atoms with Crippen LogP contribution in [-0.2, 0) is 9.47 Å². The number of ether oxygens (including phenoxy) is 2. The zero-order valence-electron chi connectivity index (χ0n) is 11.2. The van der Waals surface area contributed by atoms with Gasteiger partial charge < -0.3 is 14.8 Å². The predicted molar refractivity (Wildman–Crippen MR) is 72.4 cm³/mol. The van der Waals surface area contributed by atoms with Crippen molar-refractivity contribution in [1.29, 1.82) is 0 Å². The zero-order valence-corrected chi connectivity index (χ0v) is 12.0. The molecular weight excluding hydrogens is 222 g/mol. The molecule has 0 heterocycles. The summed E-state index contributed by atoms with van der Waals surface area (Å²) in [6, 6.07) is 0. The van der Waals surface area contributed by atoms with E-state index in [0.29, 0.717) is 18.0 Å². The van der Waals surface area contributed by atoms with Gasteiger partial charge in [-0.25, -0.2) is 0 Å². The van der Waals surface area contributed by atoms with Gasteiger partial charge in [0.1, 0.15) is 0 Å². The summed E-state index contributed by atoms with van der Waals surface area (Å²) in [7, 11) is 1.69. The number of nitrogens with one attached hydrogen (secondary N) is 1. The summed E-state index contributed by atoms with van der Waals surface area (Å²) < 4.78 is 10.7. The topological polar surface area (TPSA) is 30.5 Å². The molecule has 0 radical (unpaired) electrons. The molecule has 0 aromatic carbocycles. The average Bonchev–Trinajstić information content (AvgIpc) is 2.34. The maximum absolute atomic E-state index is 5.40. The molecule has 0 aliphatic heterocycles. The normalized spacial score (nSPS) is 12.0. The number of thioether (sulfide) groups is 1. The van der Waals surface area contributed by atoms with Crippen LogP contribution in [0.5, 0.6) is 0 Å². The van der Waals surface area contributed by atoms with E-state index in [4.69, 9.17) is 9.47 Å². The Morgan fingerprint density at radius 3 is 2.31 bits per heavy atom. The molecule has 0 aromatic heterocycles. The summed E-state index contributed by atoms with van der Waals surface area (Å²) in [5, 5.41) is 3.47. The van der Waals surface area contributed by atoms with Crippen LogP contribution in [-0.4, -0.2) is 51.0 Å². The second-order valence-electron chi connectivity index (χ2n) is 3.88. The predicted octanol–water partition coefficient (Wildman–Crippen LogP) is 2.16. The molecule has 0 amide bonds. The van der Waals surface area contributed by atoms with Crippen molar-refractivity contribution in [2.75, 3.05) is 46.3 Å². The molecule has 0 aliphatic rings. The quantitative estimate of drug-likeness (QED) is 0.569. The van der Waals surface area contributed by atoms with Crippen molar-refractivity contribution in [3.8, 4) is 0 Å². The molecule has 4 heteroatoms. The number of hydrogen-bond acceptors (Lipinski definition) is 4. The maximum Gasteiger partial charge on any atom is 0.0700 e. The van der Waals surface area contributed by atoms with Gasteiger partial charge in [-0.3, -0.25) is 0 Å². The van der Waals surface area contributed by atoms with Crippen LogP contribution in [0.1, 0.15) is 26.7 Å². The fraction of sp³-hybridized carbons (Fsp3) is 1.00. The fourth-order valence-electron chi connectivity index (χ4n) is 1.57. The van der Waals surface area contributed by atoms with E-state index in [1.165, 1.54) is 12.8 Å². The second kappa shape index (κ2) is 10.4. The minimum atomic E-state index is 0.395. The lowest BCUT2D eigenvalue weighted by atomic mass is 10.0. The first-order chi connectivity index (χ1) is 7.74. The van der Waals surface area contributed by atoms with Crippen LogP contribution in [0.3, 0.4) is 0 Å². The SMILES string of the molecule is CCC(CC)(CNCCOCCOC)SC. The van der Waals surface area contributed by atoms with Crippen LogP contribution in [0.2, 0.25) is 0 Å². The minimum absolute atomic E-state index is 0.395. The Hall–Kier alpha value is 0.230. The van der Waals surface area contributed by atoms with Gasteiger partial charge in [-0.05, 0) is 19.1 Å². The third kappa shape index (κ3) is 6.74. The van der Waals surface area contributed by atoms with Gasteiger partial charge in [0.25, 0.3) is 0 Å². The monoisotopic (exact) mass is 249 g/mol. The summed E-state index contributed by atoms with van der Waals surface area (Å²) in [6.07, 6.45) is 4.62. The maximum atomic E-state index is 5.40. The molecule has 0 unspecified atom stereocenters. The van der Waals surface area contributed by atoms with Gasteiger partial charge in [-0.15, -0.1) is 0 Å². The van der Waals surface area contributed by atoms with Crippen LogP contribution >= 0.6 is 11.8 Å². The van der Waals surface area contributed by atoms with E-state index in [9.17, 15) is 0 Å². The van der Waals surface area contributed by atoms with Gasteiger partial charge in [0.2, 0.25) is 0 Å². The molecule has 0 atom stereocenters. The molecule has 16 heavy (non-hydrogen) atoms. The van der Waals surface area contributed by atoms with E-state index in [-0.39, 0.29) is 0 Å². The van der Waals surface area contributed by atoms with Crippen LogP contribution in [0.25, 0.3) is 0 Å². The van der Waals surface area contributed by atoms with E-state index in [0.717, 1.165) is 19.7 Å². The third-order valence-electron chi connectivity index (χ3n) is 3.02. The highest BCUT2D eigenvalue weighted by molar-refractivity contribution is 8.00. The van der Waals surface area contributed by atoms with Gasteiger partial charge in [-0.1, -0.05) is 13.8 Å². The van der Waals surface area contributed by atoms with Crippen molar-refractivity contribution < 1.29 is 9.47 Å². The van der Waals surface area contributed by atoms with E-state index < -0.39 is 0 Å². The standard InChI is InChI=1S/C12H27NO2S/c1-5-12(6-2,16-4)11-13-7-8-15-10-9-14-3/h13H,5-11H2,1-4H3. The number of methoxy groups -OCH3 is 1. The van der Waals surface area contributed by atoms with Gasteiger partial charge >= 0.3 is 0 Å². The summed E-state index contributed by atoms with van der Waals surface area (Å²) in [5.41, 5.74) is 0. The lowest BCUT2D eigenvalue weighted by molar-refractivity contribution is 0.0718. The summed E-state index contributed by atoms with van der Waals surface area (Å²) in [5.74, 6) is 0. The van der Waals surface area contributed by atoms with Gasteiger partial charge in [0.05, 0.1) is 19.8 Å². The molecule has 0 saturated carbocycles. The van der Waals surface area contributed by atoms with Gasteiger partial charge in [0, 0.05) is 24.9 Å². The number of rotatable bonds is 11. The largest absolute Gasteiger partial charge is 0.382 e. The molecule has 0 fully saturated rings. The van der Waals surface area contributed by atoms with Crippen LogP contribution in [0, 0.1) is 0 Å². The van der Waals surface area contributed by atoms with Crippen LogP contribution < -0.4 is 5.32 Å². The van der Waals surface area contributed by atoms with E-state index >= 15 is 0 Å². The molecular formula is C12H27NO2S. The first-order valence-corrected chi connectivity index (χ1v) is 7.29. The Bertz CT molecular complexity index is 144. The molecule has 1 N–H and O–H groups in total. The Labute approximate surface area is 105 Å². The van der Waals surface area contributed by atoms with Crippen molar-refractivity contribution >= 4 is 11.8 Å². The second-order valence-corrected chi connectivity index (χ2v) is 5.15. The first-order valence-electron chi connectivity index (χ1n) is 6.07. The highest BCUT2D eigenvalue weighted by Gasteiger charge is 2.23. The molecule has 0 aliphatic carbocycles. The van der Waals surface area contributed by atoms with E-state index in [1.807, 2.05) is 11.8 Å². The Balaban J connectivity index is 3.48. The summed E-state index contributed by atoms with van der Waals surface area (Å²) in [4.78, 5) is 0. The minimum Gasteiger partial charge on any atom is -0.382 e. The molecule has 0 rings (SSSR count). The molecule has 0 saturated heterocycles. The molecule has 0 bridgehead atoms. The smallest absolute Gasteiger partial charge is 0.0700 e. The van der Waals surface area contributed by atoms with Crippen molar-refractivity contribution in [3.63, 3.8) is 0 Å². The van der Waals surface area contributed by atoms with E-state index in [2.05, 4.69) is 25.4 Å². The van der Waals surface area contributed by atoms with Gasteiger partial charge in [0.15, 0.2) is 0 Å². The Kier molecular flexibility index (Phi) is 10.5. The Morgan fingerprint density at radius 2 is 1.81 bits per heavy atom. The molecule has 98 valence electrons. The van der Waals surface area contributed by atoms with Crippen molar-refractivity contribution in [1.82, 2.24) is 5.32 Å². The first kappa shape index (κ1) is 16.2. The van der Waals surface area contributed by atoms with Crippen molar-refractivity contribution in [2.24, 2.45) is 0 Å². The van der Waals surface area contributed by atoms with Gasteiger partial charge in [-0.2, -0.15) is 11.8 Å². The van der Waals surface area contributed by atoms with Crippen molar-refractivity contribution in [2.45, 2.75) is 31.4 Å². The Morgan fingerprint density at radius 1 is 1.12 bits per heavy atom. The highest BCUT2D eigenvalue weighted by atomic mass is 32.2. The number of hydrogen-bond donors (Lipinski definition) is 1. The summed E-state index contributed by atoms with van der Waals surface area (Å²) >= 11 is 1.97. The van der Waals surface area contributed by atoms with Crippen molar-refractivity contribution in [3.05, 3.63) is 0 Å².